The Morgan fingerprint density at radius 3 is 2.23 bits per heavy atom. The Balaban J connectivity index is 1.91. The summed E-state index contributed by atoms with van der Waals surface area (Å²) in [4.78, 5) is 27.7. The molecule has 0 spiro atoms. The fourth-order valence-electron chi connectivity index (χ4n) is 2.54. The third kappa shape index (κ3) is 4.00. The van der Waals surface area contributed by atoms with Gasteiger partial charge in [-0.05, 0) is 33.6 Å². The van der Waals surface area contributed by atoms with Crippen molar-refractivity contribution in [1.82, 2.24) is 9.80 Å². The minimum atomic E-state index is 0.0978. The lowest BCUT2D eigenvalue weighted by molar-refractivity contribution is -0.139. The van der Waals surface area contributed by atoms with Crippen LogP contribution in [0.2, 0.25) is 0 Å². The van der Waals surface area contributed by atoms with Crippen LogP contribution in [-0.4, -0.2) is 54.9 Å². The van der Waals surface area contributed by atoms with Gasteiger partial charge in [0, 0.05) is 32.6 Å². The molecule has 0 aromatic heterocycles. The molecule has 6 heteroatoms. The molecular formula is C16H21BrN2O3. The Morgan fingerprint density at radius 2 is 1.73 bits per heavy atom. The number of hydrogen-bond acceptors (Lipinski definition) is 3. The van der Waals surface area contributed by atoms with Crippen LogP contribution >= 0.6 is 15.9 Å². The number of amides is 2. The summed E-state index contributed by atoms with van der Waals surface area (Å²) in [6, 6.07) is 5.66. The van der Waals surface area contributed by atoms with Gasteiger partial charge in [-0.15, -0.1) is 0 Å². The number of hydrogen-bond donors (Lipinski definition) is 0. The molecule has 0 unspecified atom stereocenters. The maximum Gasteiger partial charge on any atom is 0.227 e. The Morgan fingerprint density at radius 1 is 1.14 bits per heavy atom. The predicted molar refractivity (Wildman–Crippen MR) is 87.8 cm³/mol. The lowest BCUT2D eigenvalue weighted by atomic mass is 10.1. The average molecular weight is 369 g/mol. The van der Waals surface area contributed by atoms with Crippen LogP contribution in [-0.2, 0) is 16.0 Å². The van der Waals surface area contributed by atoms with Crippen LogP contribution in [0.5, 0.6) is 5.75 Å². The van der Waals surface area contributed by atoms with Gasteiger partial charge in [0.1, 0.15) is 5.75 Å². The van der Waals surface area contributed by atoms with Crippen LogP contribution in [0.15, 0.2) is 22.7 Å². The van der Waals surface area contributed by atoms with Crippen LogP contribution in [0.3, 0.4) is 0 Å². The van der Waals surface area contributed by atoms with E-state index in [0.717, 1.165) is 15.8 Å². The van der Waals surface area contributed by atoms with E-state index < -0.39 is 0 Å². The zero-order valence-corrected chi connectivity index (χ0v) is 14.6. The molecule has 0 bridgehead atoms. The molecule has 22 heavy (non-hydrogen) atoms. The van der Waals surface area contributed by atoms with Gasteiger partial charge in [0.25, 0.3) is 0 Å². The Labute approximate surface area is 139 Å². The van der Waals surface area contributed by atoms with Gasteiger partial charge in [0.15, 0.2) is 0 Å². The van der Waals surface area contributed by atoms with Gasteiger partial charge < -0.3 is 14.5 Å². The van der Waals surface area contributed by atoms with Crippen LogP contribution in [0, 0.1) is 0 Å². The van der Waals surface area contributed by atoms with Crippen molar-refractivity contribution in [2.24, 2.45) is 0 Å². The third-order valence-electron chi connectivity index (χ3n) is 3.86. The topological polar surface area (TPSA) is 49.9 Å². The van der Waals surface area contributed by atoms with Crippen molar-refractivity contribution >= 4 is 27.7 Å². The summed E-state index contributed by atoms with van der Waals surface area (Å²) >= 11 is 3.43. The summed E-state index contributed by atoms with van der Waals surface area (Å²) in [5, 5.41) is 0. The van der Waals surface area contributed by atoms with E-state index in [-0.39, 0.29) is 11.8 Å². The summed E-state index contributed by atoms with van der Waals surface area (Å²) in [7, 11) is 1.61. The lowest BCUT2D eigenvalue weighted by Gasteiger charge is -2.34. The molecule has 5 nitrogen and oxygen atoms in total. The Bertz CT molecular complexity index is 554. The predicted octanol–water partition coefficient (Wildman–Crippen LogP) is 2.08. The minimum absolute atomic E-state index is 0.0978. The summed E-state index contributed by atoms with van der Waals surface area (Å²) < 4.78 is 6.03. The number of carbonyl (C=O) groups excluding carboxylic acids is 2. The summed E-state index contributed by atoms with van der Waals surface area (Å²) in [5.74, 6) is 1.01. The fraction of sp³-hybridized carbons (Fsp3) is 0.500. The van der Waals surface area contributed by atoms with Crippen LogP contribution in [0.25, 0.3) is 0 Å². The molecule has 2 rings (SSSR count). The number of piperazine rings is 1. The first-order valence-corrected chi connectivity index (χ1v) is 8.22. The summed E-state index contributed by atoms with van der Waals surface area (Å²) in [6.45, 7) is 4.35. The number of halogens is 1. The largest absolute Gasteiger partial charge is 0.496 e. The van der Waals surface area contributed by atoms with E-state index in [2.05, 4.69) is 15.9 Å². The molecule has 0 saturated carbocycles. The number of nitrogens with zero attached hydrogens (tertiary/aromatic N) is 2. The van der Waals surface area contributed by atoms with Crippen molar-refractivity contribution in [2.75, 3.05) is 33.3 Å². The van der Waals surface area contributed by atoms with Crippen LogP contribution < -0.4 is 4.74 Å². The highest BCUT2D eigenvalue weighted by Gasteiger charge is 2.23. The molecule has 0 atom stereocenters. The second kappa shape index (κ2) is 7.63. The van der Waals surface area contributed by atoms with Crippen molar-refractivity contribution < 1.29 is 14.3 Å². The monoisotopic (exact) mass is 368 g/mol. The zero-order chi connectivity index (χ0) is 16.1. The molecule has 1 saturated heterocycles. The van der Waals surface area contributed by atoms with Gasteiger partial charge in [-0.1, -0.05) is 13.0 Å². The molecular weight excluding hydrogens is 348 g/mol. The molecule has 1 fully saturated rings. The van der Waals surface area contributed by atoms with Gasteiger partial charge in [-0.3, -0.25) is 9.59 Å². The molecule has 2 amide bonds. The van der Waals surface area contributed by atoms with Crippen LogP contribution in [0.1, 0.15) is 18.9 Å². The molecule has 1 aliphatic heterocycles. The van der Waals surface area contributed by atoms with E-state index in [1.807, 2.05) is 34.9 Å². The van der Waals surface area contributed by atoms with Crippen molar-refractivity contribution in [1.29, 1.82) is 0 Å². The molecule has 120 valence electrons. The SMILES string of the molecule is CCC(=O)N1CCN(C(=O)Cc2ccc(OC)c(Br)c2)CC1. The quantitative estimate of drug-likeness (QED) is 0.817. The van der Waals surface area contributed by atoms with Crippen molar-refractivity contribution in [3.63, 3.8) is 0 Å². The first kappa shape index (κ1) is 16.8. The molecule has 1 aliphatic rings. The molecule has 1 aromatic carbocycles. The van der Waals surface area contributed by atoms with E-state index >= 15 is 0 Å². The number of methoxy groups -OCH3 is 1. The molecule has 0 radical (unpaired) electrons. The zero-order valence-electron chi connectivity index (χ0n) is 13.0. The maximum atomic E-state index is 12.4. The Kier molecular flexibility index (Phi) is 5.83. The van der Waals surface area contributed by atoms with Gasteiger partial charge in [-0.2, -0.15) is 0 Å². The number of ether oxygens (including phenoxy) is 1. The van der Waals surface area contributed by atoms with Crippen LogP contribution in [0.4, 0.5) is 0 Å². The number of rotatable bonds is 4. The normalized spacial score (nSPS) is 14.9. The van der Waals surface area contributed by atoms with Gasteiger partial charge >= 0.3 is 0 Å². The smallest absolute Gasteiger partial charge is 0.227 e. The number of benzene rings is 1. The molecule has 0 aliphatic carbocycles. The van der Waals surface area contributed by atoms with Gasteiger partial charge in [-0.25, -0.2) is 0 Å². The molecule has 0 N–H and O–H groups in total. The maximum absolute atomic E-state index is 12.4. The fourth-order valence-corrected chi connectivity index (χ4v) is 3.12. The molecule has 1 aromatic rings. The second-order valence-corrected chi connectivity index (χ2v) is 6.12. The van der Waals surface area contributed by atoms with Gasteiger partial charge in [0.05, 0.1) is 18.0 Å². The van der Waals surface area contributed by atoms with E-state index in [4.69, 9.17) is 4.74 Å². The van der Waals surface area contributed by atoms with Crippen molar-refractivity contribution in [3.8, 4) is 5.75 Å². The highest BCUT2D eigenvalue weighted by Crippen LogP contribution is 2.25. The highest BCUT2D eigenvalue weighted by molar-refractivity contribution is 9.10. The summed E-state index contributed by atoms with van der Waals surface area (Å²) in [6.07, 6.45) is 0.887. The van der Waals surface area contributed by atoms with E-state index in [9.17, 15) is 9.59 Å². The summed E-state index contributed by atoms with van der Waals surface area (Å²) in [5.41, 5.74) is 0.949. The minimum Gasteiger partial charge on any atom is -0.496 e. The average Bonchev–Trinajstić information content (AvgIpc) is 2.54. The number of carbonyl (C=O) groups is 2. The first-order valence-electron chi connectivity index (χ1n) is 7.43. The third-order valence-corrected chi connectivity index (χ3v) is 4.48. The standard InChI is InChI=1S/C16H21BrN2O3/c1-3-15(20)18-6-8-19(9-7-18)16(21)11-12-4-5-14(22-2)13(17)10-12/h4-5,10H,3,6-9,11H2,1-2H3. The first-order chi connectivity index (χ1) is 10.5. The van der Waals surface area contributed by atoms with E-state index in [0.29, 0.717) is 39.0 Å². The Hall–Kier alpha value is -1.56. The van der Waals surface area contributed by atoms with E-state index in [1.54, 1.807) is 7.11 Å². The highest BCUT2D eigenvalue weighted by atomic mass is 79.9. The second-order valence-electron chi connectivity index (χ2n) is 5.26. The molecule has 1 heterocycles. The van der Waals surface area contributed by atoms with Crippen molar-refractivity contribution in [3.05, 3.63) is 28.2 Å². The lowest BCUT2D eigenvalue weighted by Crippen LogP contribution is -2.50. The van der Waals surface area contributed by atoms with E-state index in [1.165, 1.54) is 0 Å². The van der Waals surface area contributed by atoms with Crippen molar-refractivity contribution in [2.45, 2.75) is 19.8 Å². The van der Waals surface area contributed by atoms with Gasteiger partial charge in [0.2, 0.25) is 11.8 Å².